The number of aliphatic hydroxyl groups excluding tert-OH is 1. The summed E-state index contributed by atoms with van der Waals surface area (Å²) in [4.78, 5) is 22.2. The van der Waals surface area contributed by atoms with Crippen LogP contribution in [0.1, 0.15) is 17.2 Å². The Kier molecular flexibility index (Phi) is 3.99. The third-order valence-corrected chi connectivity index (χ3v) is 6.20. The van der Waals surface area contributed by atoms with Crippen LogP contribution in [-0.4, -0.2) is 34.8 Å². The second kappa shape index (κ2) is 6.89. The SMILES string of the molecule is O=C1C(O)=C(c2cccc(O)c2)C(c2ccc3nsnc3c2)N1c1ccc2[nH]cnc2c1. The number of aliphatic hydroxyl groups is 1. The molecule has 1 amide bonds. The molecule has 1 aliphatic rings. The molecule has 0 radical (unpaired) electrons. The number of hydrogen-bond acceptors (Lipinski definition) is 7. The standard InChI is InChI=1S/C23H15N5O3S/c29-15-3-1-2-12(8-15)20-21(13-4-6-17-19(9-13)27-32-26-17)28(23(31)22(20)30)14-5-7-16-18(10-14)25-11-24-16/h1-11,21,29-30H,(H,24,25). The van der Waals surface area contributed by atoms with E-state index in [2.05, 4.69) is 18.7 Å². The van der Waals surface area contributed by atoms with Gasteiger partial charge < -0.3 is 15.2 Å². The van der Waals surface area contributed by atoms with Gasteiger partial charge in [0.15, 0.2) is 5.76 Å². The molecule has 9 heteroatoms. The number of benzene rings is 3. The Morgan fingerprint density at radius 1 is 0.938 bits per heavy atom. The van der Waals surface area contributed by atoms with Crippen LogP contribution in [0.15, 0.2) is 72.8 Å². The minimum atomic E-state index is -0.633. The van der Waals surface area contributed by atoms with Gasteiger partial charge in [0.25, 0.3) is 5.91 Å². The number of aromatic amines is 1. The molecule has 0 bridgehead atoms. The Bertz CT molecular complexity index is 1550. The highest BCUT2D eigenvalue weighted by Gasteiger charge is 2.42. The maximum Gasteiger partial charge on any atom is 0.294 e. The number of carbonyl (C=O) groups is 1. The highest BCUT2D eigenvalue weighted by Crippen LogP contribution is 2.46. The van der Waals surface area contributed by atoms with E-state index in [0.29, 0.717) is 27.9 Å². The molecule has 0 spiro atoms. The number of phenols is 1. The normalized spacial score (nSPS) is 16.6. The summed E-state index contributed by atoms with van der Waals surface area (Å²) >= 11 is 1.12. The van der Waals surface area contributed by atoms with E-state index in [4.69, 9.17) is 0 Å². The largest absolute Gasteiger partial charge is 0.508 e. The van der Waals surface area contributed by atoms with Crippen molar-refractivity contribution in [2.45, 2.75) is 6.04 Å². The first kappa shape index (κ1) is 18.5. The van der Waals surface area contributed by atoms with Crippen molar-refractivity contribution < 1.29 is 15.0 Å². The molecule has 2 aromatic heterocycles. The summed E-state index contributed by atoms with van der Waals surface area (Å²) < 4.78 is 8.58. The lowest BCUT2D eigenvalue weighted by atomic mass is 9.93. The van der Waals surface area contributed by atoms with Crippen LogP contribution in [-0.2, 0) is 4.79 Å². The van der Waals surface area contributed by atoms with Crippen LogP contribution < -0.4 is 4.90 Å². The number of phenolic OH excluding ortho intramolecular Hbond substituents is 1. The number of nitrogens with zero attached hydrogens (tertiary/aromatic N) is 4. The maximum atomic E-state index is 13.3. The van der Waals surface area contributed by atoms with Gasteiger partial charge in [-0.15, -0.1) is 0 Å². The molecule has 3 heterocycles. The first-order chi connectivity index (χ1) is 15.6. The lowest BCUT2D eigenvalue weighted by Crippen LogP contribution is -2.30. The van der Waals surface area contributed by atoms with Crippen LogP contribution in [0, 0.1) is 0 Å². The monoisotopic (exact) mass is 441 g/mol. The van der Waals surface area contributed by atoms with E-state index in [1.54, 1.807) is 35.5 Å². The number of aromatic nitrogens is 4. The van der Waals surface area contributed by atoms with Crippen LogP contribution in [0.25, 0.3) is 27.6 Å². The Balaban J connectivity index is 1.58. The van der Waals surface area contributed by atoms with Gasteiger partial charge in [0.05, 0.1) is 35.1 Å². The zero-order chi connectivity index (χ0) is 21.8. The highest BCUT2D eigenvalue weighted by molar-refractivity contribution is 7.00. The lowest BCUT2D eigenvalue weighted by Gasteiger charge is -2.27. The van der Waals surface area contributed by atoms with Crippen molar-refractivity contribution in [3.05, 3.63) is 83.9 Å². The van der Waals surface area contributed by atoms with Crippen LogP contribution in [0.4, 0.5) is 5.69 Å². The van der Waals surface area contributed by atoms with E-state index in [0.717, 1.165) is 28.3 Å². The van der Waals surface area contributed by atoms with Gasteiger partial charge in [-0.2, -0.15) is 8.75 Å². The molecule has 1 unspecified atom stereocenters. The predicted molar refractivity (Wildman–Crippen MR) is 121 cm³/mol. The Labute approximate surface area is 185 Å². The van der Waals surface area contributed by atoms with Crippen molar-refractivity contribution in [3.8, 4) is 5.75 Å². The second-order valence-corrected chi connectivity index (χ2v) is 8.04. The van der Waals surface area contributed by atoms with Gasteiger partial charge in [-0.05, 0) is 53.6 Å². The summed E-state index contributed by atoms with van der Waals surface area (Å²) in [6.07, 6.45) is 1.59. The van der Waals surface area contributed by atoms with Crippen molar-refractivity contribution in [3.63, 3.8) is 0 Å². The van der Waals surface area contributed by atoms with E-state index in [9.17, 15) is 15.0 Å². The summed E-state index contributed by atoms with van der Waals surface area (Å²) in [7, 11) is 0. The van der Waals surface area contributed by atoms with E-state index >= 15 is 0 Å². The summed E-state index contributed by atoms with van der Waals surface area (Å²) in [6.45, 7) is 0. The number of fused-ring (bicyclic) bond motifs is 2. The minimum absolute atomic E-state index is 0.0459. The van der Waals surface area contributed by atoms with Gasteiger partial charge in [0.2, 0.25) is 0 Å². The minimum Gasteiger partial charge on any atom is -0.508 e. The number of imidazole rings is 1. The number of anilines is 1. The molecule has 1 atom stereocenters. The maximum absolute atomic E-state index is 13.3. The molecule has 0 fully saturated rings. The smallest absolute Gasteiger partial charge is 0.294 e. The van der Waals surface area contributed by atoms with Crippen LogP contribution in [0.5, 0.6) is 5.75 Å². The Morgan fingerprint density at radius 2 is 1.81 bits per heavy atom. The summed E-state index contributed by atoms with van der Waals surface area (Å²) in [5.74, 6) is -0.844. The number of rotatable bonds is 3. The molecular weight excluding hydrogens is 426 g/mol. The molecule has 8 nitrogen and oxygen atoms in total. The summed E-state index contributed by atoms with van der Waals surface area (Å²) in [5.41, 5.74) is 5.36. The van der Waals surface area contributed by atoms with E-state index in [-0.39, 0.29) is 11.5 Å². The topological polar surface area (TPSA) is 115 Å². The van der Waals surface area contributed by atoms with Crippen molar-refractivity contribution in [1.29, 1.82) is 0 Å². The fourth-order valence-electron chi connectivity index (χ4n) is 4.19. The van der Waals surface area contributed by atoms with Crippen LogP contribution >= 0.6 is 11.7 Å². The Hall–Kier alpha value is -4.24. The van der Waals surface area contributed by atoms with Gasteiger partial charge in [-0.25, -0.2) is 4.98 Å². The zero-order valence-corrected chi connectivity index (χ0v) is 17.2. The fraction of sp³-hybridized carbons (Fsp3) is 0.0435. The van der Waals surface area contributed by atoms with E-state index in [1.165, 1.54) is 6.07 Å². The average Bonchev–Trinajstić information content (AvgIpc) is 3.51. The molecule has 1 aliphatic heterocycles. The van der Waals surface area contributed by atoms with Gasteiger partial charge >= 0.3 is 0 Å². The molecule has 5 aromatic rings. The predicted octanol–water partition coefficient (Wildman–Crippen LogP) is 4.33. The molecule has 0 saturated heterocycles. The third-order valence-electron chi connectivity index (χ3n) is 5.64. The van der Waals surface area contributed by atoms with Crippen molar-refractivity contribution in [2.24, 2.45) is 0 Å². The number of nitrogens with one attached hydrogen (secondary N) is 1. The van der Waals surface area contributed by atoms with Gasteiger partial charge in [0.1, 0.15) is 16.8 Å². The average molecular weight is 441 g/mol. The molecule has 6 rings (SSSR count). The van der Waals surface area contributed by atoms with Gasteiger partial charge in [0, 0.05) is 11.3 Å². The van der Waals surface area contributed by atoms with Crippen LogP contribution in [0.3, 0.4) is 0 Å². The number of H-pyrrole nitrogens is 1. The summed E-state index contributed by atoms with van der Waals surface area (Å²) in [5, 5.41) is 21.0. The second-order valence-electron chi connectivity index (χ2n) is 7.51. The highest BCUT2D eigenvalue weighted by atomic mass is 32.1. The number of amides is 1. The summed E-state index contributed by atoms with van der Waals surface area (Å²) in [6, 6.07) is 17.0. The quantitative estimate of drug-likeness (QED) is 0.384. The first-order valence-corrected chi connectivity index (χ1v) is 10.5. The molecule has 32 heavy (non-hydrogen) atoms. The van der Waals surface area contributed by atoms with Crippen molar-refractivity contribution in [2.75, 3.05) is 4.90 Å². The van der Waals surface area contributed by atoms with Crippen molar-refractivity contribution >= 4 is 51.0 Å². The molecule has 0 saturated carbocycles. The molecule has 3 N–H and O–H groups in total. The Morgan fingerprint density at radius 3 is 2.69 bits per heavy atom. The molecule has 0 aliphatic carbocycles. The lowest BCUT2D eigenvalue weighted by molar-refractivity contribution is -0.117. The van der Waals surface area contributed by atoms with E-state index < -0.39 is 11.9 Å². The number of aromatic hydroxyl groups is 1. The zero-order valence-electron chi connectivity index (χ0n) is 16.4. The molecular formula is C23H15N5O3S. The third kappa shape index (κ3) is 2.75. The van der Waals surface area contributed by atoms with Gasteiger partial charge in [-0.1, -0.05) is 18.2 Å². The van der Waals surface area contributed by atoms with Gasteiger partial charge in [-0.3, -0.25) is 9.69 Å². The fourth-order valence-corrected chi connectivity index (χ4v) is 4.71. The number of carbonyl (C=O) groups excluding carboxylic acids is 1. The van der Waals surface area contributed by atoms with Crippen LogP contribution in [0.2, 0.25) is 0 Å². The molecule has 156 valence electrons. The first-order valence-electron chi connectivity index (χ1n) is 9.81. The molecule has 3 aromatic carbocycles. The van der Waals surface area contributed by atoms with Crippen molar-refractivity contribution in [1.82, 2.24) is 18.7 Å². The number of hydrogen-bond donors (Lipinski definition) is 3. The van der Waals surface area contributed by atoms with E-state index in [1.807, 2.05) is 30.3 Å².